The molecule has 7 nitrogen and oxygen atoms in total. The minimum atomic E-state index is -0.499. The van der Waals surface area contributed by atoms with E-state index < -0.39 is 4.92 Å². The molecule has 0 atom stereocenters. The predicted molar refractivity (Wildman–Crippen MR) is 110 cm³/mol. The molecule has 1 heterocycles. The van der Waals surface area contributed by atoms with Gasteiger partial charge >= 0.3 is 0 Å². The van der Waals surface area contributed by atoms with Crippen molar-refractivity contribution in [3.63, 3.8) is 0 Å². The van der Waals surface area contributed by atoms with E-state index in [9.17, 15) is 14.9 Å². The van der Waals surface area contributed by atoms with Crippen LogP contribution in [0.1, 0.15) is 21.6 Å². The smallest absolute Gasteiger partial charge is 0.270 e. The summed E-state index contributed by atoms with van der Waals surface area (Å²) in [4.78, 5) is 25.3. The van der Waals surface area contributed by atoms with Crippen molar-refractivity contribution in [3.05, 3.63) is 99.9 Å². The molecule has 29 heavy (non-hydrogen) atoms. The van der Waals surface area contributed by atoms with Gasteiger partial charge in [0.2, 0.25) is 0 Å². The van der Waals surface area contributed by atoms with E-state index in [1.807, 2.05) is 36.5 Å². The van der Waals surface area contributed by atoms with Crippen molar-refractivity contribution in [2.24, 2.45) is 0 Å². The summed E-state index contributed by atoms with van der Waals surface area (Å²) in [6.45, 7) is 1.84. The lowest BCUT2D eigenvalue weighted by molar-refractivity contribution is -0.384. The molecule has 0 aliphatic heterocycles. The minimum Gasteiger partial charge on any atom is -0.383 e. The summed E-state index contributed by atoms with van der Waals surface area (Å²) >= 11 is 0. The number of methoxy groups -OCH3 is 1. The van der Waals surface area contributed by atoms with Gasteiger partial charge in [-0.05, 0) is 23.8 Å². The number of carbonyl (C=O) groups excluding carboxylic acids is 1. The van der Waals surface area contributed by atoms with Crippen LogP contribution in [0.25, 0.3) is 0 Å². The van der Waals surface area contributed by atoms with E-state index in [2.05, 4.69) is 16.7 Å². The van der Waals surface area contributed by atoms with Crippen molar-refractivity contribution >= 4 is 11.6 Å². The molecule has 0 aliphatic carbocycles. The van der Waals surface area contributed by atoms with E-state index in [1.54, 1.807) is 18.1 Å². The second kappa shape index (κ2) is 9.66. The van der Waals surface area contributed by atoms with Gasteiger partial charge in [0, 0.05) is 49.8 Å². The van der Waals surface area contributed by atoms with Crippen LogP contribution in [0.2, 0.25) is 0 Å². The summed E-state index contributed by atoms with van der Waals surface area (Å²) in [5.74, 6) is -0.266. The van der Waals surface area contributed by atoms with E-state index in [0.29, 0.717) is 26.2 Å². The average Bonchev–Trinajstić information content (AvgIpc) is 3.18. The Morgan fingerprint density at radius 1 is 1.10 bits per heavy atom. The number of aromatic nitrogens is 1. The molecule has 0 N–H and O–H groups in total. The van der Waals surface area contributed by atoms with Gasteiger partial charge in [-0.2, -0.15) is 0 Å². The standard InChI is InChI=1S/C22H23N3O4/c1-29-14-13-24(22(26)19-9-5-10-20(15-19)25(27)28)17-21-11-6-12-23(21)16-18-7-3-2-4-8-18/h2-12,15H,13-14,16-17H2,1H3. The van der Waals surface area contributed by atoms with E-state index in [4.69, 9.17) is 4.74 Å². The van der Waals surface area contributed by atoms with Crippen LogP contribution in [0.15, 0.2) is 72.9 Å². The predicted octanol–water partition coefficient (Wildman–Crippen LogP) is 3.73. The molecule has 3 aromatic rings. The highest BCUT2D eigenvalue weighted by Gasteiger charge is 2.19. The van der Waals surface area contributed by atoms with Crippen molar-refractivity contribution in [2.75, 3.05) is 20.3 Å². The van der Waals surface area contributed by atoms with E-state index in [1.165, 1.54) is 23.8 Å². The molecule has 0 unspecified atom stereocenters. The Hall–Kier alpha value is -3.45. The quantitative estimate of drug-likeness (QED) is 0.410. The molecular weight excluding hydrogens is 370 g/mol. The van der Waals surface area contributed by atoms with Crippen molar-refractivity contribution in [3.8, 4) is 0 Å². The lowest BCUT2D eigenvalue weighted by Crippen LogP contribution is -2.34. The Kier molecular flexibility index (Phi) is 6.76. The number of nitro benzene ring substituents is 1. The van der Waals surface area contributed by atoms with Gasteiger partial charge in [-0.3, -0.25) is 14.9 Å². The Labute approximate surface area is 169 Å². The second-order valence-corrected chi connectivity index (χ2v) is 6.64. The first kappa shape index (κ1) is 20.3. The van der Waals surface area contributed by atoms with Crippen LogP contribution in [0.5, 0.6) is 0 Å². The zero-order valence-corrected chi connectivity index (χ0v) is 16.2. The van der Waals surface area contributed by atoms with Crippen LogP contribution in [0, 0.1) is 10.1 Å². The van der Waals surface area contributed by atoms with Crippen molar-refractivity contribution < 1.29 is 14.5 Å². The summed E-state index contributed by atoms with van der Waals surface area (Å²) in [6, 6.07) is 19.8. The molecule has 0 aliphatic rings. The number of amides is 1. The number of non-ortho nitro benzene ring substituents is 1. The molecule has 0 fully saturated rings. The third-order valence-corrected chi connectivity index (χ3v) is 4.63. The van der Waals surface area contributed by atoms with Gasteiger partial charge in [0.1, 0.15) is 0 Å². The minimum absolute atomic E-state index is 0.102. The topological polar surface area (TPSA) is 77.6 Å². The van der Waals surface area contributed by atoms with E-state index >= 15 is 0 Å². The molecule has 150 valence electrons. The van der Waals surface area contributed by atoms with Crippen molar-refractivity contribution in [2.45, 2.75) is 13.1 Å². The zero-order valence-electron chi connectivity index (χ0n) is 16.2. The van der Waals surface area contributed by atoms with Gasteiger partial charge in [0.05, 0.1) is 18.1 Å². The molecule has 0 saturated heterocycles. The Morgan fingerprint density at radius 3 is 2.62 bits per heavy atom. The first-order chi connectivity index (χ1) is 14.1. The lowest BCUT2D eigenvalue weighted by atomic mass is 10.1. The van der Waals surface area contributed by atoms with Crippen LogP contribution in [-0.4, -0.2) is 40.6 Å². The highest BCUT2D eigenvalue weighted by Crippen LogP contribution is 2.17. The normalized spacial score (nSPS) is 10.7. The zero-order chi connectivity index (χ0) is 20.6. The molecular formula is C22H23N3O4. The van der Waals surface area contributed by atoms with Crippen molar-refractivity contribution in [1.82, 2.24) is 9.47 Å². The van der Waals surface area contributed by atoms with E-state index in [-0.39, 0.29) is 17.2 Å². The highest BCUT2D eigenvalue weighted by molar-refractivity contribution is 5.94. The summed E-state index contributed by atoms with van der Waals surface area (Å²) in [7, 11) is 1.58. The van der Waals surface area contributed by atoms with Gasteiger partial charge in [-0.25, -0.2) is 0 Å². The highest BCUT2D eigenvalue weighted by atomic mass is 16.6. The summed E-state index contributed by atoms with van der Waals surface area (Å²) in [5, 5.41) is 11.0. The number of hydrogen-bond acceptors (Lipinski definition) is 4. The maximum atomic E-state index is 13.1. The number of nitrogens with zero attached hydrogens (tertiary/aromatic N) is 3. The van der Waals surface area contributed by atoms with Gasteiger partial charge in [0.25, 0.3) is 11.6 Å². The van der Waals surface area contributed by atoms with Crippen molar-refractivity contribution in [1.29, 1.82) is 0 Å². The number of benzene rings is 2. The Morgan fingerprint density at radius 2 is 1.90 bits per heavy atom. The molecule has 0 radical (unpaired) electrons. The summed E-state index contributed by atoms with van der Waals surface area (Å²) in [5.41, 5.74) is 2.33. The maximum absolute atomic E-state index is 13.1. The second-order valence-electron chi connectivity index (χ2n) is 6.64. The van der Waals surface area contributed by atoms with Crippen LogP contribution >= 0.6 is 0 Å². The summed E-state index contributed by atoms with van der Waals surface area (Å²) in [6.07, 6.45) is 1.98. The number of ether oxygens (including phenoxy) is 1. The van der Waals surface area contributed by atoms with Gasteiger partial charge < -0.3 is 14.2 Å². The molecule has 0 bridgehead atoms. The number of nitro groups is 1. The van der Waals surface area contributed by atoms with E-state index in [0.717, 1.165) is 5.69 Å². The molecule has 3 rings (SSSR count). The summed E-state index contributed by atoms with van der Waals surface area (Å²) < 4.78 is 7.25. The molecule has 0 saturated carbocycles. The molecule has 7 heteroatoms. The molecule has 1 aromatic heterocycles. The fraction of sp³-hybridized carbons (Fsp3) is 0.227. The van der Waals surface area contributed by atoms with Gasteiger partial charge in [-0.1, -0.05) is 36.4 Å². The number of carbonyl (C=O) groups is 1. The molecule has 1 amide bonds. The first-order valence-corrected chi connectivity index (χ1v) is 9.29. The Balaban J connectivity index is 1.81. The van der Waals surface area contributed by atoms with Crippen LogP contribution in [0.4, 0.5) is 5.69 Å². The third-order valence-electron chi connectivity index (χ3n) is 4.63. The lowest BCUT2D eigenvalue weighted by Gasteiger charge is -2.23. The number of rotatable bonds is 9. The Bertz CT molecular complexity index is 969. The van der Waals surface area contributed by atoms with Gasteiger partial charge in [0.15, 0.2) is 0 Å². The average molecular weight is 393 g/mol. The van der Waals surface area contributed by atoms with Crippen LogP contribution in [0.3, 0.4) is 0 Å². The molecule has 2 aromatic carbocycles. The fourth-order valence-corrected chi connectivity index (χ4v) is 3.11. The third kappa shape index (κ3) is 5.30. The monoisotopic (exact) mass is 393 g/mol. The fourth-order valence-electron chi connectivity index (χ4n) is 3.11. The SMILES string of the molecule is COCCN(Cc1cccn1Cc1ccccc1)C(=O)c1cccc([N+](=O)[O-])c1. The van der Waals surface area contributed by atoms with Crippen LogP contribution < -0.4 is 0 Å². The molecule has 0 spiro atoms. The van der Waals surface area contributed by atoms with Gasteiger partial charge in [-0.15, -0.1) is 0 Å². The number of hydrogen-bond donors (Lipinski definition) is 0. The first-order valence-electron chi connectivity index (χ1n) is 9.29. The van der Waals surface area contributed by atoms with Crippen LogP contribution in [-0.2, 0) is 17.8 Å². The largest absolute Gasteiger partial charge is 0.383 e. The maximum Gasteiger partial charge on any atom is 0.270 e.